The van der Waals surface area contributed by atoms with Crippen LogP contribution in [0.2, 0.25) is 0 Å². The van der Waals surface area contributed by atoms with Gasteiger partial charge >= 0.3 is 0 Å². The second-order valence-electron chi connectivity index (χ2n) is 7.03. The van der Waals surface area contributed by atoms with Gasteiger partial charge in [-0.25, -0.2) is 0 Å². The van der Waals surface area contributed by atoms with Gasteiger partial charge in [0, 0.05) is 12.5 Å². The summed E-state index contributed by atoms with van der Waals surface area (Å²) in [6.07, 6.45) is 0.568. The molecule has 3 unspecified atom stereocenters. The number of ether oxygens (including phenoxy) is 3. The molecule has 0 radical (unpaired) electrons. The minimum Gasteiger partial charge on any atom is -0.487 e. The Bertz CT molecular complexity index is 925. The van der Waals surface area contributed by atoms with Crippen LogP contribution in [-0.2, 0) is 26.2 Å². The Kier molecular flexibility index (Phi) is 4.94. The van der Waals surface area contributed by atoms with Gasteiger partial charge in [-0.3, -0.25) is 4.55 Å². The summed E-state index contributed by atoms with van der Waals surface area (Å²) in [7, 11) is -4.49. The topological polar surface area (TPSA) is 82.1 Å². The molecule has 0 saturated carbocycles. The summed E-state index contributed by atoms with van der Waals surface area (Å²) in [6.45, 7) is 3.03. The van der Waals surface area contributed by atoms with Crippen LogP contribution in [0.15, 0.2) is 47.4 Å². The normalized spacial score (nSPS) is 24.7. The molecule has 6 nitrogen and oxygen atoms in total. The summed E-state index contributed by atoms with van der Waals surface area (Å²) < 4.78 is 51.8. The summed E-state index contributed by atoms with van der Waals surface area (Å²) in [4.78, 5) is -0.186. The van der Waals surface area contributed by atoms with E-state index >= 15 is 0 Å². The van der Waals surface area contributed by atoms with E-state index in [2.05, 4.69) is 0 Å². The quantitative estimate of drug-likeness (QED) is 0.790. The van der Waals surface area contributed by atoms with Crippen molar-refractivity contribution >= 4 is 10.1 Å². The van der Waals surface area contributed by atoms with Gasteiger partial charge in [-0.1, -0.05) is 36.4 Å². The molecule has 2 aliphatic rings. The second-order valence-corrected chi connectivity index (χ2v) is 8.39. The third-order valence-electron chi connectivity index (χ3n) is 5.09. The molecule has 2 saturated heterocycles. The second kappa shape index (κ2) is 7.24. The summed E-state index contributed by atoms with van der Waals surface area (Å²) in [5.74, 6) is -0.105. The Morgan fingerprint density at radius 2 is 1.96 bits per heavy atom. The maximum Gasteiger partial charge on any atom is 0.298 e. The van der Waals surface area contributed by atoms with E-state index in [4.69, 9.17) is 14.2 Å². The highest BCUT2D eigenvalue weighted by atomic mass is 32.2. The molecule has 7 heteroatoms. The van der Waals surface area contributed by atoms with E-state index in [0.717, 1.165) is 17.5 Å². The van der Waals surface area contributed by atoms with Crippen LogP contribution < -0.4 is 4.74 Å². The third kappa shape index (κ3) is 3.73. The highest BCUT2D eigenvalue weighted by Gasteiger charge is 2.44. The van der Waals surface area contributed by atoms with Gasteiger partial charge in [0.05, 0.1) is 18.8 Å². The van der Waals surface area contributed by atoms with Gasteiger partial charge in [0.25, 0.3) is 10.1 Å². The fraction of sp³-hybridized carbons (Fsp3) is 0.400. The van der Waals surface area contributed by atoms with Crippen molar-refractivity contribution in [2.75, 3.05) is 13.2 Å². The fourth-order valence-electron chi connectivity index (χ4n) is 3.90. The average molecular weight is 390 g/mol. The van der Waals surface area contributed by atoms with Crippen LogP contribution in [0.5, 0.6) is 5.75 Å². The Balaban J connectivity index is 1.74. The Labute approximate surface area is 158 Å². The molecular formula is C20H22O6S. The van der Waals surface area contributed by atoms with Crippen LogP contribution in [-0.4, -0.2) is 38.4 Å². The first kappa shape index (κ1) is 18.4. The molecule has 27 heavy (non-hydrogen) atoms. The van der Waals surface area contributed by atoms with Crippen molar-refractivity contribution in [2.45, 2.75) is 43.0 Å². The molecule has 2 heterocycles. The predicted octanol–water partition coefficient (Wildman–Crippen LogP) is 3.09. The van der Waals surface area contributed by atoms with E-state index in [1.807, 2.05) is 37.3 Å². The van der Waals surface area contributed by atoms with Crippen molar-refractivity contribution < 1.29 is 27.2 Å². The van der Waals surface area contributed by atoms with Crippen molar-refractivity contribution in [1.82, 2.24) is 0 Å². The minimum atomic E-state index is -4.49. The highest BCUT2D eigenvalue weighted by molar-refractivity contribution is 7.86. The highest BCUT2D eigenvalue weighted by Crippen LogP contribution is 2.42. The van der Waals surface area contributed by atoms with Gasteiger partial charge in [-0.2, -0.15) is 8.42 Å². The molecule has 2 aromatic rings. The van der Waals surface area contributed by atoms with Crippen LogP contribution in [0, 0.1) is 6.92 Å². The molecule has 0 aromatic heterocycles. The fourth-order valence-corrected chi connectivity index (χ4v) is 4.78. The van der Waals surface area contributed by atoms with Crippen LogP contribution >= 0.6 is 0 Å². The zero-order valence-electron chi connectivity index (χ0n) is 15.0. The summed E-state index contributed by atoms with van der Waals surface area (Å²) in [5, 5.41) is 0. The van der Waals surface area contributed by atoms with Gasteiger partial charge in [0.2, 0.25) is 0 Å². The van der Waals surface area contributed by atoms with Crippen molar-refractivity contribution in [3.05, 3.63) is 59.2 Å². The van der Waals surface area contributed by atoms with Crippen molar-refractivity contribution in [2.24, 2.45) is 0 Å². The lowest BCUT2D eigenvalue weighted by atomic mass is 9.92. The molecule has 2 aromatic carbocycles. The lowest BCUT2D eigenvalue weighted by Crippen LogP contribution is -2.23. The van der Waals surface area contributed by atoms with Crippen molar-refractivity contribution in [3.63, 3.8) is 0 Å². The van der Waals surface area contributed by atoms with Crippen LogP contribution in [0.1, 0.15) is 29.0 Å². The maximum absolute atomic E-state index is 12.2. The molecule has 2 aliphatic heterocycles. The number of fused-ring (bicyclic) bond motifs is 1. The number of hydrogen-bond donors (Lipinski definition) is 1. The summed E-state index contributed by atoms with van der Waals surface area (Å²) in [5.41, 5.74) is 2.25. The van der Waals surface area contributed by atoms with E-state index in [0.29, 0.717) is 18.8 Å². The van der Waals surface area contributed by atoms with Crippen LogP contribution in [0.3, 0.4) is 0 Å². The van der Waals surface area contributed by atoms with Crippen molar-refractivity contribution in [3.8, 4) is 5.75 Å². The smallest absolute Gasteiger partial charge is 0.298 e. The minimum absolute atomic E-state index is 0.0292. The summed E-state index contributed by atoms with van der Waals surface area (Å²) >= 11 is 0. The lowest BCUT2D eigenvalue weighted by molar-refractivity contribution is 0.0703. The molecule has 3 atom stereocenters. The van der Waals surface area contributed by atoms with E-state index in [1.54, 1.807) is 12.1 Å². The molecule has 0 amide bonds. The standard InChI is InChI=1S/C20H22O6S/c1-13-9-15(16-12-26-17-7-8-24-19(16)17)20(27(21,22)23)18(10-13)25-11-14-5-3-2-4-6-14/h2-6,9-10,16-17,19H,7-8,11-12H2,1H3,(H,21,22,23). The Hall–Kier alpha value is -1.93. The number of aryl methyl sites for hydroxylation is 1. The molecular weight excluding hydrogens is 368 g/mol. The zero-order valence-corrected chi connectivity index (χ0v) is 15.8. The largest absolute Gasteiger partial charge is 0.487 e. The lowest BCUT2D eigenvalue weighted by Gasteiger charge is -2.21. The van der Waals surface area contributed by atoms with E-state index in [9.17, 15) is 13.0 Å². The number of rotatable bonds is 5. The Morgan fingerprint density at radius 3 is 2.70 bits per heavy atom. The molecule has 0 spiro atoms. The molecule has 0 bridgehead atoms. The SMILES string of the molecule is Cc1cc(OCc2ccccc2)c(S(=O)(=O)O)c(C2COC3CCOC32)c1. The van der Waals surface area contributed by atoms with Gasteiger partial charge in [0.15, 0.2) is 0 Å². The van der Waals surface area contributed by atoms with Gasteiger partial charge in [-0.05, 0) is 36.1 Å². The van der Waals surface area contributed by atoms with E-state index in [-0.39, 0.29) is 35.4 Å². The Morgan fingerprint density at radius 1 is 1.19 bits per heavy atom. The average Bonchev–Trinajstić information content (AvgIpc) is 3.22. The van der Waals surface area contributed by atoms with E-state index in [1.165, 1.54) is 0 Å². The monoisotopic (exact) mass is 390 g/mol. The maximum atomic E-state index is 12.2. The van der Waals surface area contributed by atoms with Gasteiger partial charge in [0.1, 0.15) is 17.3 Å². The summed E-state index contributed by atoms with van der Waals surface area (Å²) in [6, 6.07) is 12.9. The molecule has 144 valence electrons. The predicted molar refractivity (Wildman–Crippen MR) is 98.6 cm³/mol. The molecule has 0 aliphatic carbocycles. The zero-order chi connectivity index (χ0) is 19.0. The van der Waals surface area contributed by atoms with Crippen LogP contribution in [0.25, 0.3) is 0 Å². The first-order valence-electron chi connectivity index (χ1n) is 8.95. The van der Waals surface area contributed by atoms with Crippen molar-refractivity contribution in [1.29, 1.82) is 0 Å². The molecule has 2 fully saturated rings. The number of benzene rings is 2. The third-order valence-corrected chi connectivity index (χ3v) is 6.04. The molecule has 4 rings (SSSR count). The molecule has 1 N–H and O–H groups in total. The van der Waals surface area contributed by atoms with Crippen LogP contribution in [0.4, 0.5) is 0 Å². The van der Waals surface area contributed by atoms with E-state index < -0.39 is 10.1 Å². The first-order valence-corrected chi connectivity index (χ1v) is 10.4. The first-order chi connectivity index (χ1) is 12.9. The number of hydrogen-bond acceptors (Lipinski definition) is 5. The van der Waals surface area contributed by atoms with Gasteiger partial charge in [-0.15, -0.1) is 0 Å². The van der Waals surface area contributed by atoms with Gasteiger partial charge < -0.3 is 14.2 Å².